The van der Waals surface area contributed by atoms with Gasteiger partial charge in [0, 0.05) is 40.4 Å². The van der Waals surface area contributed by atoms with Crippen molar-refractivity contribution in [3.8, 4) is 5.75 Å². The molecule has 96 valence electrons. The molecule has 18 heavy (non-hydrogen) atoms. The molecular weight excluding hydrogens is 248 g/mol. The molecule has 0 spiro atoms. The third kappa shape index (κ3) is 2.98. The highest BCUT2D eigenvalue weighted by molar-refractivity contribution is 7.84. The standard InChI is InChI=1S/C13H16N2O2S/c1-2-18(17)8-7-15-13-12-9-11(16)4-3-10(12)5-6-14-13/h3-6,9,16H,2,7-8H2,1H3,(H,14,15). The van der Waals surface area contributed by atoms with Crippen LogP contribution in [0.1, 0.15) is 6.92 Å². The molecule has 0 bridgehead atoms. The van der Waals surface area contributed by atoms with Crippen LogP contribution in [-0.2, 0) is 10.8 Å². The van der Waals surface area contributed by atoms with Crippen LogP contribution in [0.5, 0.6) is 5.75 Å². The van der Waals surface area contributed by atoms with Gasteiger partial charge in [-0.1, -0.05) is 13.0 Å². The largest absolute Gasteiger partial charge is 0.508 e. The molecule has 5 heteroatoms. The molecule has 2 aromatic rings. The van der Waals surface area contributed by atoms with Crippen molar-refractivity contribution in [1.82, 2.24) is 4.98 Å². The maximum Gasteiger partial charge on any atom is 0.133 e. The van der Waals surface area contributed by atoms with Gasteiger partial charge in [-0.2, -0.15) is 0 Å². The first-order valence-electron chi connectivity index (χ1n) is 5.87. The smallest absolute Gasteiger partial charge is 0.133 e. The van der Waals surface area contributed by atoms with Gasteiger partial charge in [0.1, 0.15) is 11.6 Å². The van der Waals surface area contributed by atoms with Gasteiger partial charge in [-0.05, 0) is 23.6 Å². The molecule has 0 amide bonds. The Balaban J connectivity index is 2.17. The minimum atomic E-state index is -0.778. The first-order valence-corrected chi connectivity index (χ1v) is 7.36. The number of anilines is 1. The van der Waals surface area contributed by atoms with Crippen LogP contribution in [0, 0.1) is 0 Å². The topological polar surface area (TPSA) is 62.2 Å². The van der Waals surface area contributed by atoms with E-state index >= 15 is 0 Å². The number of aromatic hydroxyl groups is 1. The second-order valence-corrected chi connectivity index (χ2v) is 5.79. The van der Waals surface area contributed by atoms with Crippen LogP contribution in [0.2, 0.25) is 0 Å². The van der Waals surface area contributed by atoms with Crippen molar-refractivity contribution in [2.24, 2.45) is 0 Å². The summed E-state index contributed by atoms with van der Waals surface area (Å²) in [7, 11) is -0.778. The summed E-state index contributed by atoms with van der Waals surface area (Å²) in [5.74, 6) is 2.21. The molecule has 1 unspecified atom stereocenters. The second kappa shape index (κ2) is 5.82. The Morgan fingerprint density at radius 2 is 2.22 bits per heavy atom. The SMILES string of the molecule is CCS(=O)CCNc1nccc2ccc(O)cc12. The van der Waals surface area contributed by atoms with E-state index in [0.717, 1.165) is 16.6 Å². The van der Waals surface area contributed by atoms with Crippen LogP contribution in [0.4, 0.5) is 5.82 Å². The molecule has 0 radical (unpaired) electrons. The molecule has 2 N–H and O–H groups in total. The van der Waals surface area contributed by atoms with Gasteiger partial charge in [0.2, 0.25) is 0 Å². The predicted octanol–water partition coefficient (Wildman–Crippen LogP) is 2.12. The third-order valence-corrected chi connectivity index (χ3v) is 4.00. The Labute approximate surface area is 109 Å². The summed E-state index contributed by atoms with van der Waals surface area (Å²) in [6.07, 6.45) is 1.72. The summed E-state index contributed by atoms with van der Waals surface area (Å²) >= 11 is 0. The number of hydrogen-bond donors (Lipinski definition) is 2. The van der Waals surface area contributed by atoms with Crippen molar-refractivity contribution in [2.75, 3.05) is 23.4 Å². The molecule has 2 rings (SSSR count). The zero-order valence-corrected chi connectivity index (χ0v) is 11.0. The normalized spacial score (nSPS) is 12.5. The van der Waals surface area contributed by atoms with Crippen molar-refractivity contribution in [1.29, 1.82) is 0 Å². The van der Waals surface area contributed by atoms with E-state index in [9.17, 15) is 9.32 Å². The van der Waals surface area contributed by atoms with Gasteiger partial charge in [-0.3, -0.25) is 4.21 Å². The van der Waals surface area contributed by atoms with Crippen molar-refractivity contribution >= 4 is 27.4 Å². The van der Waals surface area contributed by atoms with Crippen LogP contribution < -0.4 is 5.32 Å². The summed E-state index contributed by atoms with van der Waals surface area (Å²) < 4.78 is 11.3. The summed E-state index contributed by atoms with van der Waals surface area (Å²) in [5, 5.41) is 14.6. The molecule has 0 aliphatic rings. The first-order chi connectivity index (χ1) is 8.70. The minimum absolute atomic E-state index is 0.218. The number of phenols is 1. The number of benzene rings is 1. The molecule has 0 saturated heterocycles. The third-order valence-electron chi connectivity index (χ3n) is 2.69. The van der Waals surface area contributed by atoms with E-state index < -0.39 is 10.8 Å². The van der Waals surface area contributed by atoms with Crippen LogP contribution in [0.3, 0.4) is 0 Å². The van der Waals surface area contributed by atoms with E-state index in [1.54, 1.807) is 18.3 Å². The number of pyridine rings is 1. The van der Waals surface area contributed by atoms with Gasteiger partial charge in [0.25, 0.3) is 0 Å². The fourth-order valence-corrected chi connectivity index (χ4v) is 2.34. The zero-order chi connectivity index (χ0) is 13.0. The number of aromatic nitrogens is 1. The number of rotatable bonds is 5. The zero-order valence-electron chi connectivity index (χ0n) is 10.2. The highest BCUT2D eigenvalue weighted by Crippen LogP contribution is 2.24. The van der Waals surface area contributed by atoms with Crippen LogP contribution >= 0.6 is 0 Å². The molecule has 0 fully saturated rings. The summed E-state index contributed by atoms with van der Waals surface area (Å²) in [6, 6.07) is 7.07. The lowest BCUT2D eigenvalue weighted by atomic mass is 10.1. The van der Waals surface area contributed by atoms with Gasteiger partial charge in [-0.25, -0.2) is 4.98 Å². The Hall–Kier alpha value is -1.62. The van der Waals surface area contributed by atoms with E-state index in [0.29, 0.717) is 18.1 Å². The van der Waals surface area contributed by atoms with Crippen LogP contribution in [0.15, 0.2) is 30.5 Å². The maximum atomic E-state index is 11.3. The number of nitrogens with one attached hydrogen (secondary N) is 1. The van der Waals surface area contributed by atoms with Crippen molar-refractivity contribution < 1.29 is 9.32 Å². The Bertz CT molecular complexity index is 572. The maximum absolute atomic E-state index is 11.3. The lowest BCUT2D eigenvalue weighted by Gasteiger charge is -2.08. The molecule has 1 aromatic heterocycles. The van der Waals surface area contributed by atoms with Crippen LogP contribution in [0.25, 0.3) is 10.8 Å². The average molecular weight is 264 g/mol. The van der Waals surface area contributed by atoms with Crippen molar-refractivity contribution in [3.05, 3.63) is 30.5 Å². The van der Waals surface area contributed by atoms with Crippen molar-refractivity contribution in [3.63, 3.8) is 0 Å². The highest BCUT2D eigenvalue weighted by Gasteiger charge is 2.03. The minimum Gasteiger partial charge on any atom is -0.508 e. The lowest BCUT2D eigenvalue weighted by Crippen LogP contribution is -2.12. The van der Waals surface area contributed by atoms with Crippen molar-refractivity contribution in [2.45, 2.75) is 6.92 Å². The average Bonchev–Trinajstić information content (AvgIpc) is 2.39. The molecule has 0 aliphatic carbocycles. The van der Waals surface area contributed by atoms with Gasteiger partial charge in [0.15, 0.2) is 0 Å². The van der Waals surface area contributed by atoms with E-state index in [1.807, 2.05) is 19.1 Å². The fourth-order valence-electron chi connectivity index (χ4n) is 1.72. The van der Waals surface area contributed by atoms with E-state index in [1.165, 1.54) is 0 Å². The molecule has 1 aromatic carbocycles. The van der Waals surface area contributed by atoms with E-state index in [-0.39, 0.29) is 5.75 Å². The molecule has 4 nitrogen and oxygen atoms in total. The molecule has 1 heterocycles. The Kier molecular flexibility index (Phi) is 4.15. The summed E-state index contributed by atoms with van der Waals surface area (Å²) in [4.78, 5) is 4.25. The van der Waals surface area contributed by atoms with Gasteiger partial charge >= 0.3 is 0 Å². The Morgan fingerprint density at radius 3 is 3.00 bits per heavy atom. The Morgan fingerprint density at radius 1 is 1.39 bits per heavy atom. The van der Waals surface area contributed by atoms with Crippen LogP contribution in [-0.4, -0.2) is 32.3 Å². The molecule has 0 aliphatic heterocycles. The van der Waals surface area contributed by atoms with Gasteiger partial charge in [0.05, 0.1) is 0 Å². The number of fused-ring (bicyclic) bond motifs is 1. The fraction of sp³-hybridized carbons (Fsp3) is 0.308. The monoisotopic (exact) mass is 264 g/mol. The number of nitrogens with zero attached hydrogens (tertiary/aromatic N) is 1. The quantitative estimate of drug-likeness (QED) is 0.868. The second-order valence-electron chi connectivity index (χ2n) is 3.92. The van der Waals surface area contributed by atoms with Gasteiger partial charge in [-0.15, -0.1) is 0 Å². The molecular formula is C13H16N2O2S. The predicted molar refractivity (Wildman–Crippen MR) is 75.4 cm³/mol. The summed E-state index contributed by atoms with van der Waals surface area (Å²) in [5.41, 5.74) is 0. The first kappa shape index (κ1) is 12.8. The molecule has 1 atom stereocenters. The van der Waals surface area contributed by atoms with E-state index in [4.69, 9.17) is 0 Å². The van der Waals surface area contributed by atoms with E-state index in [2.05, 4.69) is 10.3 Å². The molecule has 0 saturated carbocycles. The highest BCUT2D eigenvalue weighted by atomic mass is 32.2. The lowest BCUT2D eigenvalue weighted by molar-refractivity contribution is 0.476. The summed E-state index contributed by atoms with van der Waals surface area (Å²) in [6.45, 7) is 2.52. The number of hydrogen-bond acceptors (Lipinski definition) is 4. The van der Waals surface area contributed by atoms with Gasteiger partial charge < -0.3 is 10.4 Å². The number of phenolic OH excluding ortho intramolecular Hbond substituents is 1.